The van der Waals surface area contributed by atoms with Crippen LogP contribution in [0, 0.1) is 5.82 Å². The molecular weight excluding hydrogens is 405 g/mol. The van der Waals surface area contributed by atoms with Crippen molar-refractivity contribution in [3.8, 4) is 11.3 Å². The smallest absolute Gasteiger partial charge is 0.235 e. The topological polar surface area (TPSA) is 75.6 Å². The molecular formula is C22H28FN3O3S. The monoisotopic (exact) mass is 433 g/mol. The Kier molecular flexibility index (Phi) is 8.95. The summed E-state index contributed by atoms with van der Waals surface area (Å²) < 4.78 is 20.2. The van der Waals surface area contributed by atoms with Gasteiger partial charge in [-0.1, -0.05) is 38.8 Å². The van der Waals surface area contributed by atoms with E-state index in [4.69, 9.17) is 4.74 Å². The van der Waals surface area contributed by atoms with Crippen molar-refractivity contribution in [1.82, 2.24) is 9.97 Å². The molecule has 8 heteroatoms. The number of aldehydes is 1. The maximum atomic E-state index is 13.5. The summed E-state index contributed by atoms with van der Waals surface area (Å²) in [5.74, 6) is 0.152. The van der Waals surface area contributed by atoms with Crippen LogP contribution < -0.4 is 4.31 Å². The molecule has 0 fully saturated rings. The van der Waals surface area contributed by atoms with E-state index in [2.05, 4.69) is 22.8 Å². The Morgan fingerprint density at radius 3 is 2.47 bits per heavy atom. The minimum atomic E-state index is -0.816. The van der Waals surface area contributed by atoms with E-state index >= 15 is 0 Å². The SMILES string of the molecule is COC(CC=O)C[C@H](O)/C=C/c1c(-c2ccc(F)cc2)nc(N(C)S)nc1C(C)C. The second kappa shape index (κ2) is 11.2. The van der Waals surface area contributed by atoms with Crippen molar-refractivity contribution in [2.24, 2.45) is 0 Å². The first-order valence-electron chi connectivity index (χ1n) is 9.70. The van der Waals surface area contributed by atoms with Gasteiger partial charge in [0, 0.05) is 38.1 Å². The number of benzene rings is 1. The van der Waals surface area contributed by atoms with Crippen LogP contribution in [0.2, 0.25) is 0 Å². The second-order valence-electron chi connectivity index (χ2n) is 7.28. The van der Waals surface area contributed by atoms with Gasteiger partial charge in [0.2, 0.25) is 5.95 Å². The first-order valence-corrected chi connectivity index (χ1v) is 10.1. The van der Waals surface area contributed by atoms with Crippen LogP contribution in [0.1, 0.15) is 43.9 Å². The van der Waals surface area contributed by atoms with E-state index in [0.29, 0.717) is 11.6 Å². The highest BCUT2D eigenvalue weighted by molar-refractivity contribution is 7.81. The van der Waals surface area contributed by atoms with Gasteiger partial charge in [-0.05, 0) is 30.2 Å². The molecule has 0 bridgehead atoms. The number of nitrogens with zero attached hydrogens (tertiary/aromatic N) is 3. The first kappa shape index (κ1) is 24.0. The lowest BCUT2D eigenvalue weighted by Gasteiger charge is -2.19. The highest BCUT2D eigenvalue weighted by Gasteiger charge is 2.19. The summed E-state index contributed by atoms with van der Waals surface area (Å²) in [6.45, 7) is 4.02. The van der Waals surface area contributed by atoms with E-state index in [1.54, 1.807) is 31.3 Å². The van der Waals surface area contributed by atoms with E-state index in [9.17, 15) is 14.3 Å². The number of carbonyl (C=O) groups excluding carboxylic acids is 1. The molecule has 0 saturated heterocycles. The third-order valence-electron chi connectivity index (χ3n) is 4.60. The number of aromatic nitrogens is 2. The lowest BCUT2D eigenvalue weighted by Crippen LogP contribution is -2.18. The number of carbonyl (C=O) groups is 1. The van der Waals surface area contributed by atoms with Crippen molar-refractivity contribution in [2.75, 3.05) is 18.5 Å². The quantitative estimate of drug-likeness (QED) is 0.435. The number of hydrogen-bond acceptors (Lipinski definition) is 7. The third-order valence-corrected chi connectivity index (χ3v) is 4.78. The highest BCUT2D eigenvalue weighted by atomic mass is 32.1. The van der Waals surface area contributed by atoms with Crippen molar-refractivity contribution in [3.63, 3.8) is 0 Å². The predicted molar refractivity (Wildman–Crippen MR) is 120 cm³/mol. The number of halogens is 1. The van der Waals surface area contributed by atoms with Crippen molar-refractivity contribution >= 4 is 31.1 Å². The molecule has 0 aliphatic heterocycles. The molecule has 1 unspecified atom stereocenters. The summed E-state index contributed by atoms with van der Waals surface area (Å²) in [5, 5.41) is 10.4. The van der Waals surface area contributed by atoms with Crippen molar-refractivity contribution < 1.29 is 19.0 Å². The number of aliphatic hydroxyl groups is 1. The van der Waals surface area contributed by atoms with Gasteiger partial charge in [0.05, 0.1) is 23.6 Å². The normalized spacial score (nSPS) is 13.6. The van der Waals surface area contributed by atoms with E-state index in [-0.39, 0.29) is 30.7 Å². The zero-order valence-corrected chi connectivity index (χ0v) is 18.5. The van der Waals surface area contributed by atoms with Crippen LogP contribution in [0.3, 0.4) is 0 Å². The van der Waals surface area contributed by atoms with Gasteiger partial charge in [-0.2, -0.15) is 0 Å². The molecule has 2 aromatic rings. The van der Waals surface area contributed by atoms with Crippen LogP contribution in [-0.4, -0.2) is 47.7 Å². The number of methoxy groups -OCH3 is 1. The van der Waals surface area contributed by atoms with Crippen molar-refractivity contribution in [2.45, 2.75) is 44.8 Å². The van der Waals surface area contributed by atoms with Crippen LogP contribution in [0.15, 0.2) is 30.3 Å². The number of rotatable bonds is 10. The average Bonchev–Trinajstić information content (AvgIpc) is 2.71. The summed E-state index contributed by atoms with van der Waals surface area (Å²) >= 11 is 4.31. The molecule has 0 aliphatic carbocycles. The molecule has 2 rings (SSSR count). The Bertz CT molecular complexity index is 873. The lowest BCUT2D eigenvalue weighted by molar-refractivity contribution is -0.110. The number of ether oxygens (including phenoxy) is 1. The van der Waals surface area contributed by atoms with Crippen LogP contribution in [0.25, 0.3) is 17.3 Å². The van der Waals surface area contributed by atoms with Crippen molar-refractivity contribution in [3.05, 3.63) is 47.4 Å². The highest BCUT2D eigenvalue weighted by Crippen LogP contribution is 2.31. The molecule has 0 radical (unpaired) electrons. The zero-order valence-electron chi connectivity index (χ0n) is 17.6. The Hall–Kier alpha value is -2.29. The fourth-order valence-corrected chi connectivity index (χ4v) is 3.09. The molecule has 162 valence electrons. The maximum Gasteiger partial charge on any atom is 0.235 e. The molecule has 1 aromatic carbocycles. The number of thiol groups is 1. The summed E-state index contributed by atoms with van der Waals surface area (Å²) in [5.41, 5.74) is 2.85. The average molecular weight is 434 g/mol. The Morgan fingerprint density at radius 1 is 1.27 bits per heavy atom. The molecule has 0 aliphatic rings. The van der Waals surface area contributed by atoms with Crippen LogP contribution in [0.5, 0.6) is 0 Å². The van der Waals surface area contributed by atoms with Crippen LogP contribution in [-0.2, 0) is 9.53 Å². The predicted octanol–water partition coefficient (Wildman–Crippen LogP) is 4.06. The van der Waals surface area contributed by atoms with Gasteiger partial charge in [0.1, 0.15) is 12.1 Å². The number of hydrogen-bond donors (Lipinski definition) is 2. The summed E-state index contributed by atoms with van der Waals surface area (Å²) in [7, 11) is 3.24. The van der Waals surface area contributed by atoms with Gasteiger partial charge < -0.3 is 14.6 Å². The van der Waals surface area contributed by atoms with E-state index in [1.807, 2.05) is 13.8 Å². The van der Waals surface area contributed by atoms with Gasteiger partial charge >= 0.3 is 0 Å². The van der Waals surface area contributed by atoms with E-state index < -0.39 is 6.10 Å². The summed E-state index contributed by atoms with van der Waals surface area (Å²) in [4.78, 5) is 20.0. The Morgan fingerprint density at radius 2 is 1.93 bits per heavy atom. The minimum Gasteiger partial charge on any atom is -0.389 e. The van der Waals surface area contributed by atoms with E-state index in [1.165, 1.54) is 23.5 Å². The molecule has 1 N–H and O–H groups in total. The van der Waals surface area contributed by atoms with Crippen LogP contribution >= 0.6 is 12.8 Å². The standard InChI is InChI=1S/C22H28FN3O3S/c1-14(2)20-19(10-9-17(28)13-18(29-4)11-12-27)21(25-22(24-20)26(3)30)15-5-7-16(23)8-6-15/h5-10,12,14,17-18,28,30H,11,13H2,1-4H3/b10-9+/t17-,18?/m1/s1. The lowest BCUT2D eigenvalue weighted by atomic mass is 9.97. The third kappa shape index (κ3) is 6.35. The van der Waals surface area contributed by atoms with Gasteiger partial charge in [-0.15, -0.1) is 0 Å². The summed E-state index contributed by atoms with van der Waals surface area (Å²) in [6.07, 6.45) is 3.50. The van der Waals surface area contributed by atoms with Gasteiger partial charge in [0.25, 0.3) is 0 Å². The first-order chi connectivity index (χ1) is 14.3. The zero-order chi connectivity index (χ0) is 22.3. The Balaban J connectivity index is 2.52. The fraction of sp³-hybridized carbons (Fsp3) is 0.409. The van der Waals surface area contributed by atoms with Crippen LogP contribution in [0.4, 0.5) is 10.3 Å². The molecule has 1 heterocycles. The number of anilines is 1. The second-order valence-corrected chi connectivity index (χ2v) is 7.88. The molecule has 0 amide bonds. The summed E-state index contributed by atoms with van der Waals surface area (Å²) in [6, 6.07) is 6.06. The van der Waals surface area contributed by atoms with Crippen molar-refractivity contribution in [1.29, 1.82) is 0 Å². The molecule has 2 atom stereocenters. The van der Waals surface area contributed by atoms with E-state index in [0.717, 1.165) is 23.1 Å². The molecule has 30 heavy (non-hydrogen) atoms. The molecule has 6 nitrogen and oxygen atoms in total. The maximum absolute atomic E-state index is 13.5. The molecule has 1 aromatic heterocycles. The van der Waals surface area contributed by atoms with Gasteiger partial charge in [-0.3, -0.25) is 4.31 Å². The molecule has 0 saturated carbocycles. The number of aliphatic hydroxyl groups excluding tert-OH is 1. The Labute approximate surface area is 182 Å². The molecule has 0 spiro atoms. The van der Waals surface area contributed by atoms with Gasteiger partial charge in [0.15, 0.2) is 0 Å². The largest absolute Gasteiger partial charge is 0.389 e. The van der Waals surface area contributed by atoms with Gasteiger partial charge in [-0.25, -0.2) is 14.4 Å². The fourth-order valence-electron chi connectivity index (χ4n) is 3.00. The minimum absolute atomic E-state index is 0.0674.